The van der Waals surface area contributed by atoms with Crippen molar-refractivity contribution in [2.45, 2.75) is 0 Å². The van der Waals surface area contributed by atoms with Crippen molar-refractivity contribution < 1.29 is 21.4 Å². The van der Waals surface area contributed by atoms with Gasteiger partial charge in [-0.05, 0) is 24.3 Å². The molecule has 12 heavy (non-hydrogen) atoms. The van der Waals surface area contributed by atoms with Crippen LogP contribution in [0.5, 0.6) is 11.5 Å². The van der Waals surface area contributed by atoms with E-state index in [4.69, 9.17) is 40.5 Å². The average Bonchev–Trinajstić information content (AvgIpc) is 1.94. The molecule has 6 heteroatoms. The molecule has 0 aliphatic heterocycles. The molecular formula is C6H6Cl3FeO2. The monoisotopic (exact) mass is 271 g/mol. The average molecular weight is 272 g/mol. The molecule has 0 atom stereocenters. The van der Waals surface area contributed by atoms with Crippen LogP contribution in [0.25, 0.3) is 0 Å². The third-order valence-corrected chi connectivity index (χ3v) is 0.850. The van der Waals surface area contributed by atoms with Crippen molar-refractivity contribution >= 4 is 30.3 Å². The summed E-state index contributed by atoms with van der Waals surface area (Å²) < 4.78 is 0. The number of hydrogen-bond acceptors (Lipinski definition) is 2. The predicted octanol–water partition coefficient (Wildman–Crippen LogP) is 3.16. The molecule has 2 nitrogen and oxygen atoms in total. The predicted molar refractivity (Wildman–Crippen MR) is 47.3 cm³/mol. The summed E-state index contributed by atoms with van der Waals surface area (Å²) >= 11 is -1.33. The number of benzene rings is 1. The van der Waals surface area contributed by atoms with Crippen LogP contribution in [-0.4, -0.2) is 10.2 Å². The molecule has 1 rings (SSSR count). The first kappa shape index (κ1) is 12.2. The van der Waals surface area contributed by atoms with Gasteiger partial charge >= 0.3 is 41.5 Å². The number of aromatic hydroxyl groups is 2. The molecule has 2 N–H and O–H groups in total. The number of rotatable bonds is 0. The first-order chi connectivity index (χ1) is 5.52. The summed E-state index contributed by atoms with van der Waals surface area (Å²) in [4.78, 5) is 0. The van der Waals surface area contributed by atoms with Crippen LogP contribution in [0.15, 0.2) is 24.3 Å². The fraction of sp³-hybridized carbons (Fsp3) is 0. The van der Waals surface area contributed by atoms with Gasteiger partial charge in [0.25, 0.3) is 0 Å². The number of phenols is 2. The first-order valence-corrected chi connectivity index (χ1v) is 7.23. The third-order valence-electron chi connectivity index (χ3n) is 0.850. The van der Waals surface area contributed by atoms with Gasteiger partial charge in [-0.3, -0.25) is 0 Å². The Bertz CT molecular complexity index is 191. The molecule has 0 aliphatic carbocycles. The van der Waals surface area contributed by atoms with Crippen LogP contribution >= 0.6 is 30.3 Å². The second-order valence-corrected chi connectivity index (χ2v) is 7.14. The van der Waals surface area contributed by atoms with Crippen LogP contribution in [0.2, 0.25) is 0 Å². The molecule has 0 saturated carbocycles. The quantitative estimate of drug-likeness (QED) is 0.562. The van der Waals surface area contributed by atoms with E-state index in [0.717, 1.165) is 0 Å². The Morgan fingerprint density at radius 3 is 1.17 bits per heavy atom. The van der Waals surface area contributed by atoms with Gasteiger partial charge in [-0.25, -0.2) is 0 Å². The molecule has 0 spiro atoms. The van der Waals surface area contributed by atoms with Gasteiger partial charge < -0.3 is 10.2 Å². The van der Waals surface area contributed by atoms with Crippen molar-refractivity contribution in [3.05, 3.63) is 24.3 Å². The van der Waals surface area contributed by atoms with Gasteiger partial charge in [0.15, 0.2) is 0 Å². The van der Waals surface area contributed by atoms with Crippen LogP contribution in [-0.2, 0) is 11.2 Å². The molecule has 0 radical (unpaired) electrons. The van der Waals surface area contributed by atoms with Gasteiger partial charge in [-0.15, -0.1) is 0 Å². The molecule has 0 aliphatic rings. The molecular weight excluding hydrogens is 266 g/mol. The molecule has 71 valence electrons. The minimum atomic E-state index is -1.33. The maximum absolute atomic E-state index is 8.65. The van der Waals surface area contributed by atoms with Gasteiger partial charge in [0, 0.05) is 0 Å². The Morgan fingerprint density at radius 2 is 1.00 bits per heavy atom. The van der Waals surface area contributed by atoms with E-state index < -0.39 is 11.2 Å². The summed E-state index contributed by atoms with van der Waals surface area (Å²) in [6, 6.07) is 5.70. The van der Waals surface area contributed by atoms with Gasteiger partial charge in [0.2, 0.25) is 0 Å². The molecule has 0 fully saturated rings. The molecule has 0 unspecified atom stereocenters. The van der Waals surface area contributed by atoms with Crippen molar-refractivity contribution in [2.24, 2.45) is 0 Å². The summed E-state index contributed by atoms with van der Waals surface area (Å²) in [5.41, 5.74) is 0. The van der Waals surface area contributed by atoms with Crippen molar-refractivity contribution in [1.82, 2.24) is 0 Å². The summed E-state index contributed by atoms with van der Waals surface area (Å²) in [7, 11) is 14.7. The molecule has 1 aromatic rings. The van der Waals surface area contributed by atoms with Crippen LogP contribution in [0.1, 0.15) is 0 Å². The number of halogens is 3. The van der Waals surface area contributed by atoms with E-state index in [-0.39, 0.29) is 11.5 Å². The van der Waals surface area contributed by atoms with Gasteiger partial charge in [0.05, 0.1) is 0 Å². The first-order valence-electron chi connectivity index (χ1n) is 2.67. The zero-order valence-corrected chi connectivity index (χ0v) is 9.06. The van der Waals surface area contributed by atoms with Crippen LogP contribution in [0, 0.1) is 0 Å². The second-order valence-electron chi connectivity index (χ2n) is 1.67. The normalized spacial score (nSPS) is 9.75. The van der Waals surface area contributed by atoms with Crippen molar-refractivity contribution in [1.29, 1.82) is 0 Å². The molecule has 0 amide bonds. The Morgan fingerprint density at radius 1 is 0.833 bits per heavy atom. The van der Waals surface area contributed by atoms with Gasteiger partial charge in [0.1, 0.15) is 11.5 Å². The molecule has 0 heterocycles. The van der Waals surface area contributed by atoms with Crippen LogP contribution < -0.4 is 0 Å². The molecule has 0 saturated heterocycles. The van der Waals surface area contributed by atoms with Crippen molar-refractivity contribution in [3.8, 4) is 11.5 Å². The molecule has 1 aromatic carbocycles. The Labute approximate surface area is 87.2 Å². The number of hydrogen-bond donors (Lipinski definition) is 2. The van der Waals surface area contributed by atoms with Crippen molar-refractivity contribution in [2.75, 3.05) is 0 Å². The van der Waals surface area contributed by atoms with E-state index in [9.17, 15) is 0 Å². The Hall–Kier alpha value is 0.209. The van der Waals surface area contributed by atoms with Gasteiger partial charge in [-0.2, -0.15) is 0 Å². The summed E-state index contributed by atoms with van der Waals surface area (Å²) in [6.45, 7) is 0. The standard InChI is InChI=1S/C6H6O2.3ClH.Fe/c7-5-1-2-6(8)4-3-5;;;;/h1-4,7-8H;3*1H;/q;;;;+3/p-3. The summed E-state index contributed by atoms with van der Waals surface area (Å²) in [5.74, 6) is 0.339. The fourth-order valence-corrected chi connectivity index (χ4v) is 0.453. The van der Waals surface area contributed by atoms with E-state index in [1.807, 2.05) is 0 Å². The van der Waals surface area contributed by atoms with E-state index >= 15 is 0 Å². The Balaban J connectivity index is 0.000000261. The number of phenolic OH excluding ortho intramolecular Hbond substituents is 2. The van der Waals surface area contributed by atoms with Crippen LogP contribution in [0.4, 0.5) is 0 Å². The van der Waals surface area contributed by atoms with Gasteiger partial charge in [-0.1, -0.05) is 0 Å². The van der Waals surface area contributed by atoms with E-state index in [1.165, 1.54) is 24.3 Å². The third kappa shape index (κ3) is 8.31. The van der Waals surface area contributed by atoms with Crippen LogP contribution in [0.3, 0.4) is 0 Å². The molecule has 0 aromatic heterocycles. The topological polar surface area (TPSA) is 40.5 Å². The maximum atomic E-state index is 8.65. The van der Waals surface area contributed by atoms with E-state index in [0.29, 0.717) is 0 Å². The molecule has 0 bridgehead atoms. The zero-order chi connectivity index (χ0) is 9.56. The zero-order valence-electron chi connectivity index (χ0n) is 5.69. The Kier molecular flexibility index (Phi) is 6.81. The fourth-order valence-electron chi connectivity index (χ4n) is 0.453. The van der Waals surface area contributed by atoms with Crippen molar-refractivity contribution in [3.63, 3.8) is 0 Å². The van der Waals surface area contributed by atoms with E-state index in [2.05, 4.69) is 0 Å². The SMILES string of the molecule is Oc1ccc(O)cc1.[Cl][Fe]([Cl])[Cl]. The minimum absolute atomic E-state index is 0.169. The second kappa shape index (κ2) is 6.70. The summed E-state index contributed by atoms with van der Waals surface area (Å²) in [5, 5.41) is 17.3. The van der Waals surface area contributed by atoms with E-state index in [1.54, 1.807) is 0 Å². The summed E-state index contributed by atoms with van der Waals surface area (Å²) in [6.07, 6.45) is 0.